The second-order valence-electron chi connectivity index (χ2n) is 3.84. The SMILES string of the molecule is Brc1cc2c(cc1/C=C/c1ccncc1)OCO2. The maximum atomic E-state index is 5.36. The first kappa shape index (κ1) is 11.3. The zero-order valence-electron chi connectivity index (χ0n) is 9.47. The molecule has 1 aromatic carbocycles. The normalized spacial score (nSPS) is 13.2. The van der Waals surface area contributed by atoms with Gasteiger partial charge in [0, 0.05) is 16.9 Å². The van der Waals surface area contributed by atoms with Crippen molar-refractivity contribution in [1.29, 1.82) is 0 Å². The largest absolute Gasteiger partial charge is 0.454 e. The lowest BCUT2D eigenvalue weighted by atomic mass is 10.1. The van der Waals surface area contributed by atoms with Gasteiger partial charge in [-0.15, -0.1) is 0 Å². The van der Waals surface area contributed by atoms with Crippen LogP contribution in [0.1, 0.15) is 11.1 Å². The summed E-state index contributed by atoms with van der Waals surface area (Å²) in [5, 5.41) is 0. The van der Waals surface area contributed by atoms with Crippen LogP contribution in [0, 0.1) is 0 Å². The number of ether oxygens (including phenoxy) is 2. The molecule has 2 heterocycles. The zero-order valence-corrected chi connectivity index (χ0v) is 11.1. The summed E-state index contributed by atoms with van der Waals surface area (Å²) in [6, 6.07) is 7.80. The van der Waals surface area contributed by atoms with Crippen LogP contribution in [0.15, 0.2) is 41.1 Å². The van der Waals surface area contributed by atoms with Gasteiger partial charge in [0.25, 0.3) is 0 Å². The molecular formula is C14H10BrNO2. The number of pyridine rings is 1. The summed E-state index contributed by atoms with van der Waals surface area (Å²) in [4.78, 5) is 3.99. The number of fused-ring (bicyclic) bond motifs is 1. The van der Waals surface area contributed by atoms with Crippen LogP contribution in [0.3, 0.4) is 0 Å². The van der Waals surface area contributed by atoms with Crippen molar-refractivity contribution < 1.29 is 9.47 Å². The Hall–Kier alpha value is -1.81. The fraction of sp³-hybridized carbons (Fsp3) is 0.0714. The van der Waals surface area contributed by atoms with E-state index >= 15 is 0 Å². The molecule has 1 aliphatic heterocycles. The Morgan fingerprint density at radius 2 is 1.78 bits per heavy atom. The van der Waals surface area contributed by atoms with E-state index in [0.29, 0.717) is 6.79 Å². The third kappa shape index (κ3) is 2.24. The van der Waals surface area contributed by atoms with Crippen LogP contribution in [0.5, 0.6) is 11.5 Å². The quantitative estimate of drug-likeness (QED) is 0.847. The molecule has 18 heavy (non-hydrogen) atoms. The lowest BCUT2D eigenvalue weighted by Crippen LogP contribution is -1.92. The molecule has 0 saturated heterocycles. The van der Waals surface area contributed by atoms with Gasteiger partial charge < -0.3 is 9.47 Å². The first-order valence-electron chi connectivity index (χ1n) is 5.50. The van der Waals surface area contributed by atoms with E-state index in [0.717, 1.165) is 27.1 Å². The Labute approximate surface area is 113 Å². The van der Waals surface area contributed by atoms with Gasteiger partial charge >= 0.3 is 0 Å². The minimum absolute atomic E-state index is 0.291. The number of benzene rings is 1. The molecule has 1 aromatic heterocycles. The van der Waals surface area contributed by atoms with E-state index in [4.69, 9.17) is 9.47 Å². The molecule has 0 atom stereocenters. The van der Waals surface area contributed by atoms with Crippen LogP contribution in [-0.4, -0.2) is 11.8 Å². The average molecular weight is 304 g/mol. The van der Waals surface area contributed by atoms with Gasteiger partial charge in [-0.25, -0.2) is 0 Å². The highest BCUT2D eigenvalue weighted by Crippen LogP contribution is 2.37. The Morgan fingerprint density at radius 1 is 1.06 bits per heavy atom. The number of nitrogens with zero attached hydrogens (tertiary/aromatic N) is 1. The highest BCUT2D eigenvalue weighted by atomic mass is 79.9. The summed E-state index contributed by atoms with van der Waals surface area (Å²) in [7, 11) is 0. The standard InChI is InChI=1S/C14H10BrNO2/c15-12-8-14-13(17-9-18-14)7-11(12)2-1-10-3-5-16-6-4-10/h1-8H,9H2/b2-1+. The van der Waals surface area contributed by atoms with E-state index in [1.807, 2.05) is 36.4 Å². The summed E-state index contributed by atoms with van der Waals surface area (Å²) in [6.45, 7) is 0.291. The van der Waals surface area contributed by atoms with Gasteiger partial charge in [-0.2, -0.15) is 0 Å². The number of rotatable bonds is 2. The van der Waals surface area contributed by atoms with Crippen molar-refractivity contribution in [1.82, 2.24) is 4.98 Å². The van der Waals surface area contributed by atoms with Gasteiger partial charge in [-0.1, -0.05) is 28.1 Å². The molecule has 0 saturated carbocycles. The van der Waals surface area contributed by atoms with E-state index in [1.165, 1.54) is 0 Å². The smallest absolute Gasteiger partial charge is 0.231 e. The molecule has 1 aliphatic rings. The van der Waals surface area contributed by atoms with Crippen LogP contribution in [0.2, 0.25) is 0 Å². The average Bonchev–Trinajstić information content (AvgIpc) is 2.84. The summed E-state index contributed by atoms with van der Waals surface area (Å²) < 4.78 is 11.7. The fourth-order valence-electron chi connectivity index (χ4n) is 1.72. The summed E-state index contributed by atoms with van der Waals surface area (Å²) in [6.07, 6.45) is 7.61. The van der Waals surface area contributed by atoms with Crippen LogP contribution >= 0.6 is 15.9 Å². The predicted octanol–water partition coefficient (Wildman–Crippen LogP) is 3.74. The van der Waals surface area contributed by atoms with Crippen molar-refractivity contribution in [2.45, 2.75) is 0 Å². The highest BCUT2D eigenvalue weighted by Gasteiger charge is 2.14. The van der Waals surface area contributed by atoms with Gasteiger partial charge in [0.05, 0.1) is 0 Å². The molecule has 3 nitrogen and oxygen atoms in total. The van der Waals surface area contributed by atoms with Crippen molar-refractivity contribution in [3.8, 4) is 11.5 Å². The summed E-state index contributed by atoms with van der Waals surface area (Å²) >= 11 is 3.52. The minimum Gasteiger partial charge on any atom is -0.454 e. The van der Waals surface area contributed by atoms with E-state index in [1.54, 1.807) is 12.4 Å². The maximum Gasteiger partial charge on any atom is 0.231 e. The van der Waals surface area contributed by atoms with Crippen molar-refractivity contribution >= 4 is 28.1 Å². The number of halogens is 1. The van der Waals surface area contributed by atoms with E-state index in [-0.39, 0.29) is 0 Å². The highest BCUT2D eigenvalue weighted by molar-refractivity contribution is 9.10. The molecule has 0 unspecified atom stereocenters. The zero-order chi connectivity index (χ0) is 12.4. The van der Waals surface area contributed by atoms with Gasteiger partial charge in [-0.05, 0) is 35.4 Å². The summed E-state index contributed by atoms with van der Waals surface area (Å²) in [5.41, 5.74) is 2.16. The molecule has 2 aromatic rings. The Morgan fingerprint density at radius 3 is 2.56 bits per heavy atom. The topological polar surface area (TPSA) is 31.4 Å². The first-order chi connectivity index (χ1) is 8.83. The number of hydrogen-bond acceptors (Lipinski definition) is 3. The maximum absolute atomic E-state index is 5.36. The molecule has 90 valence electrons. The van der Waals surface area contributed by atoms with Crippen LogP contribution in [-0.2, 0) is 0 Å². The molecule has 0 N–H and O–H groups in total. The van der Waals surface area contributed by atoms with Crippen LogP contribution in [0.25, 0.3) is 12.2 Å². The second-order valence-corrected chi connectivity index (χ2v) is 4.70. The molecule has 4 heteroatoms. The summed E-state index contributed by atoms with van der Waals surface area (Å²) in [5.74, 6) is 1.57. The number of hydrogen-bond donors (Lipinski definition) is 0. The van der Waals surface area contributed by atoms with Gasteiger partial charge in [0.2, 0.25) is 6.79 Å². The fourth-order valence-corrected chi connectivity index (χ4v) is 2.18. The molecule has 0 radical (unpaired) electrons. The van der Waals surface area contributed by atoms with Crippen molar-refractivity contribution in [2.75, 3.05) is 6.79 Å². The molecule has 0 spiro atoms. The van der Waals surface area contributed by atoms with Crippen molar-refractivity contribution in [3.63, 3.8) is 0 Å². The molecule has 3 rings (SSSR count). The third-order valence-electron chi connectivity index (χ3n) is 2.65. The van der Waals surface area contributed by atoms with Crippen LogP contribution < -0.4 is 9.47 Å². The first-order valence-corrected chi connectivity index (χ1v) is 6.29. The van der Waals surface area contributed by atoms with Gasteiger partial charge in [0.15, 0.2) is 11.5 Å². The third-order valence-corrected chi connectivity index (χ3v) is 3.34. The molecular weight excluding hydrogens is 294 g/mol. The monoisotopic (exact) mass is 303 g/mol. The van der Waals surface area contributed by atoms with Gasteiger partial charge in [0.1, 0.15) is 0 Å². The lowest BCUT2D eigenvalue weighted by Gasteiger charge is -2.01. The second kappa shape index (κ2) is 4.82. The minimum atomic E-state index is 0.291. The Balaban J connectivity index is 1.91. The van der Waals surface area contributed by atoms with E-state index in [9.17, 15) is 0 Å². The molecule has 0 amide bonds. The van der Waals surface area contributed by atoms with Crippen molar-refractivity contribution in [2.24, 2.45) is 0 Å². The van der Waals surface area contributed by atoms with Crippen LogP contribution in [0.4, 0.5) is 0 Å². The molecule has 0 aliphatic carbocycles. The predicted molar refractivity (Wildman–Crippen MR) is 73.4 cm³/mol. The number of aromatic nitrogens is 1. The lowest BCUT2D eigenvalue weighted by molar-refractivity contribution is 0.174. The Kier molecular flexibility index (Phi) is 3.02. The van der Waals surface area contributed by atoms with Gasteiger partial charge in [-0.3, -0.25) is 4.98 Å². The Bertz CT molecular complexity index is 596. The van der Waals surface area contributed by atoms with Crippen molar-refractivity contribution in [3.05, 3.63) is 52.3 Å². The molecule has 0 bridgehead atoms. The molecule has 0 fully saturated rings. The van der Waals surface area contributed by atoms with E-state index < -0.39 is 0 Å². The van der Waals surface area contributed by atoms with E-state index in [2.05, 4.69) is 20.9 Å².